The van der Waals surface area contributed by atoms with Gasteiger partial charge in [-0.05, 0) is 38.7 Å². The molecule has 0 radical (unpaired) electrons. The summed E-state index contributed by atoms with van der Waals surface area (Å²) in [4.78, 5) is 14.4. The van der Waals surface area contributed by atoms with E-state index in [2.05, 4.69) is 11.4 Å². The maximum Gasteiger partial charge on any atom is 0.317 e. The smallest absolute Gasteiger partial charge is 0.317 e. The van der Waals surface area contributed by atoms with E-state index in [9.17, 15) is 13.2 Å². The van der Waals surface area contributed by atoms with Gasteiger partial charge in [0.2, 0.25) is 10.0 Å². The van der Waals surface area contributed by atoms with Crippen LogP contribution in [0.15, 0.2) is 24.3 Å². The number of urea groups is 1. The minimum absolute atomic E-state index is 0.0648. The first kappa shape index (κ1) is 19.7. The summed E-state index contributed by atoms with van der Waals surface area (Å²) in [6, 6.07) is 8.46. The minimum atomic E-state index is -3.15. The number of nitrogens with one attached hydrogen (secondary N) is 1. The molecule has 2 amide bonds. The molecule has 1 aliphatic rings. The second-order valence-corrected chi connectivity index (χ2v) is 9.02. The quantitative estimate of drug-likeness (QED) is 0.681. The number of carbonyl (C=O) groups is 1. The first-order valence-electron chi connectivity index (χ1n) is 8.87. The molecule has 0 heterocycles. The number of hydrogen-bond donors (Lipinski definition) is 1. The molecule has 1 aliphatic carbocycles. The third kappa shape index (κ3) is 6.01. The Morgan fingerprint density at radius 1 is 1.32 bits per heavy atom. The Bertz CT molecular complexity index is 687. The van der Waals surface area contributed by atoms with E-state index in [1.54, 1.807) is 14.0 Å². The molecular formula is C18H29N3O3S. The van der Waals surface area contributed by atoms with Crippen molar-refractivity contribution < 1.29 is 13.2 Å². The van der Waals surface area contributed by atoms with E-state index < -0.39 is 10.0 Å². The van der Waals surface area contributed by atoms with Crippen molar-refractivity contribution in [1.82, 2.24) is 14.5 Å². The Labute approximate surface area is 151 Å². The van der Waals surface area contributed by atoms with E-state index >= 15 is 0 Å². The Kier molecular flexibility index (Phi) is 6.84. The van der Waals surface area contributed by atoms with Crippen LogP contribution in [0, 0.1) is 6.92 Å². The second-order valence-electron chi connectivity index (χ2n) is 6.66. The lowest BCUT2D eigenvalue weighted by molar-refractivity contribution is 0.191. The highest BCUT2D eigenvalue weighted by Gasteiger charge is 2.32. The monoisotopic (exact) mass is 367 g/mol. The molecular weight excluding hydrogens is 338 g/mol. The van der Waals surface area contributed by atoms with Crippen molar-refractivity contribution in [2.24, 2.45) is 0 Å². The van der Waals surface area contributed by atoms with Gasteiger partial charge < -0.3 is 10.2 Å². The first-order chi connectivity index (χ1) is 11.8. The molecule has 0 saturated heterocycles. The summed E-state index contributed by atoms with van der Waals surface area (Å²) in [6.07, 6.45) is 2.71. The SMILES string of the molecule is CCS(=O)(=O)N(C)CCCNC(=O)N(Cc1cccc(C)c1)C1CC1. The summed E-state index contributed by atoms with van der Waals surface area (Å²) < 4.78 is 24.7. The summed E-state index contributed by atoms with van der Waals surface area (Å²) in [5, 5.41) is 2.93. The number of sulfonamides is 1. The van der Waals surface area contributed by atoms with Gasteiger partial charge in [0.05, 0.1) is 5.75 Å². The van der Waals surface area contributed by atoms with E-state index in [-0.39, 0.29) is 11.8 Å². The van der Waals surface area contributed by atoms with Crippen LogP contribution in [0.3, 0.4) is 0 Å². The fourth-order valence-electron chi connectivity index (χ4n) is 2.72. The number of nitrogens with zero attached hydrogens (tertiary/aromatic N) is 2. The molecule has 1 fully saturated rings. The maximum atomic E-state index is 12.5. The van der Waals surface area contributed by atoms with Gasteiger partial charge in [-0.2, -0.15) is 0 Å². The summed E-state index contributed by atoms with van der Waals surface area (Å²) in [7, 11) is -1.57. The van der Waals surface area contributed by atoms with Gasteiger partial charge >= 0.3 is 6.03 Å². The minimum Gasteiger partial charge on any atom is -0.338 e. The van der Waals surface area contributed by atoms with Crippen LogP contribution in [0.25, 0.3) is 0 Å². The van der Waals surface area contributed by atoms with Gasteiger partial charge in [-0.15, -0.1) is 0 Å². The average molecular weight is 368 g/mol. The van der Waals surface area contributed by atoms with Crippen molar-refractivity contribution in [2.75, 3.05) is 25.9 Å². The first-order valence-corrected chi connectivity index (χ1v) is 10.5. The molecule has 0 unspecified atom stereocenters. The Morgan fingerprint density at radius 3 is 2.64 bits per heavy atom. The van der Waals surface area contributed by atoms with Crippen molar-refractivity contribution in [1.29, 1.82) is 0 Å². The lowest BCUT2D eigenvalue weighted by Crippen LogP contribution is -2.42. The highest BCUT2D eigenvalue weighted by atomic mass is 32.2. The third-order valence-electron chi connectivity index (χ3n) is 4.45. The number of hydrogen-bond acceptors (Lipinski definition) is 3. The van der Waals surface area contributed by atoms with E-state index in [1.165, 1.54) is 9.87 Å². The number of aryl methyl sites for hydroxylation is 1. The predicted molar refractivity (Wildman–Crippen MR) is 99.9 cm³/mol. The van der Waals surface area contributed by atoms with Gasteiger partial charge in [0.1, 0.15) is 0 Å². The molecule has 1 saturated carbocycles. The zero-order valence-electron chi connectivity index (χ0n) is 15.4. The van der Waals surface area contributed by atoms with E-state index in [0.717, 1.165) is 18.4 Å². The van der Waals surface area contributed by atoms with Crippen molar-refractivity contribution in [2.45, 2.75) is 45.7 Å². The van der Waals surface area contributed by atoms with Crippen LogP contribution in [0.4, 0.5) is 4.79 Å². The Hall–Kier alpha value is -1.60. The lowest BCUT2D eigenvalue weighted by atomic mass is 10.1. The molecule has 0 atom stereocenters. The molecule has 0 aromatic heterocycles. The zero-order valence-corrected chi connectivity index (χ0v) is 16.2. The molecule has 0 spiro atoms. The van der Waals surface area contributed by atoms with Crippen LogP contribution < -0.4 is 5.32 Å². The van der Waals surface area contributed by atoms with Crippen LogP contribution in [0.5, 0.6) is 0 Å². The summed E-state index contributed by atoms with van der Waals surface area (Å²) in [6.45, 7) is 5.18. The average Bonchev–Trinajstić information content (AvgIpc) is 3.41. The van der Waals surface area contributed by atoms with Gasteiger partial charge in [0.25, 0.3) is 0 Å². The topological polar surface area (TPSA) is 69.7 Å². The fraction of sp³-hybridized carbons (Fsp3) is 0.611. The molecule has 6 nitrogen and oxygen atoms in total. The Balaban J connectivity index is 1.81. The predicted octanol–water partition coefficient (Wildman–Crippen LogP) is 2.34. The van der Waals surface area contributed by atoms with E-state index in [4.69, 9.17) is 0 Å². The maximum absolute atomic E-state index is 12.5. The van der Waals surface area contributed by atoms with Crippen LogP contribution in [-0.2, 0) is 16.6 Å². The van der Waals surface area contributed by atoms with Crippen molar-refractivity contribution in [3.63, 3.8) is 0 Å². The van der Waals surface area contributed by atoms with E-state index in [1.807, 2.05) is 30.0 Å². The van der Waals surface area contributed by atoms with Crippen molar-refractivity contribution >= 4 is 16.1 Å². The summed E-state index contributed by atoms with van der Waals surface area (Å²) >= 11 is 0. The molecule has 1 aromatic carbocycles. The fourth-order valence-corrected chi connectivity index (χ4v) is 3.57. The standard InChI is InChI=1S/C18H29N3O3S/c1-4-25(23,24)20(3)12-6-11-19-18(22)21(17-9-10-17)14-16-8-5-7-15(2)13-16/h5,7-8,13,17H,4,6,9-12,14H2,1-3H3,(H,19,22). The summed E-state index contributed by atoms with van der Waals surface area (Å²) in [5.74, 6) is 0.0990. The van der Waals surface area contributed by atoms with Crippen molar-refractivity contribution in [3.05, 3.63) is 35.4 Å². The van der Waals surface area contributed by atoms with Gasteiger partial charge in [-0.1, -0.05) is 29.8 Å². The number of benzene rings is 1. The van der Waals surface area contributed by atoms with Crippen LogP contribution in [-0.4, -0.2) is 55.6 Å². The molecule has 1 aromatic rings. The Morgan fingerprint density at radius 2 is 2.04 bits per heavy atom. The normalized spacial score (nSPS) is 14.6. The second kappa shape index (κ2) is 8.67. The molecule has 25 heavy (non-hydrogen) atoms. The van der Waals surface area contributed by atoms with E-state index in [0.29, 0.717) is 32.1 Å². The van der Waals surface area contributed by atoms with Crippen LogP contribution in [0.1, 0.15) is 37.3 Å². The number of amides is 2. The van der Waals surface area contributed by atoms with Gasteiger partial charge in [-0.3, -0.25) is 0 Å². The van der Waals surface area contributed by atoms with Gasteiger partial charge in [-0.25, -0.2) is 17.5 Å². The van der Waals surface area contributed by atoms with Crippen LogP contribution in [0.2, 0.25) is 0 Å². The molecule has 7 heteroatoms. The van der Waals surface area contributed by atoms with Gasteiger partial charge in [0.15, 0.2) is 0 Å². The summed E-state index contributed by atoms with van der Waals surface area (Å²) in [5.41, 5.74) is 2.32. The highest BCUT2D eigenvalue weighted by Crippen LogP contribution is 2.28. The highest BCUT2D eigenvalue weighted by molar-refractivity contribution is 7.89. The lowest BCUT2D eigenvalue weighted by Gasteiger charge is -2.23. The van der Waals surface area contributed by atoms with Crippen molar-refractivity contribution in [3.8, 4) is 0 Å². The zero-order chi connectivity index (χ0) is 18.4. The van der Waals surface area contributed by atoms with Crippen LogP contribution >= 0.6 is 0 Å². The third-order valence-corrected chi connectivity index (χ3v) is 6.31. The molecule has 2 rings (SSSR count). The number of carbonyl (C=O) groups excluding carboxylic acids is 1. The molecule has 0 aliphatic heterocycles. The van der Waals surface area contributed by atoms with Gasteiger partial charge in [0, 0.05) is 32.7 Å². The number of rotatable bonds is 9. The molecule has 1 N–H and O–H groups in total. The molecule has 0 bridgehead atoms. The molecule has 140 valence electrons. The largest absolute Gasteiger partial charge is 0.338 e.